The molecule has 0 bridgehead atoms. The van der Waals surface area contributed by atoms with E-state index in [1.54, 1.807) is 0 Å². The fourth-order valence-corrected chi connectivity index (χ4v) is 0.677. The van der Waals surface area contributed by atoms with E-state index in [4.69, 9.17) is 15.3 Å². The van der Waals surface area contributed by atoms with Gasteiger partial charge in [0.1, 0.15) is 6.61 Å². The van der Waals surface area contributed by atoms with Gasteiger partial charge in [0.25, 0.3) is 5.91 Å². The molecule has 12 heavy (non-hydrogen) atoms. The van der Waals surface area contributed by atoms with Gasteiger partial charge >= 0.3 is 0 Å². The monoisotopic (exact) mass is 178 g/mol. The predicted octanol–water partition coefficient (Wildman–Crippen LogP) is -2.70. The fraction of sp³-hybridized carbons (Fsp3) is 0.833. The summed E-state index contributed by atoms with van der Waals surface area (Å²) in [5, 5.41) is 26.7. The number of aliphatic hydroxyl groups is 3. The van der Waals surface area contributed by atoms with Crippen LogP contribution in [0.15, 0.2) is 0 Å². The maximum Gasteiger partial charge on any atom is 0.259 e. The van der Waals surface area contributed by atoms with Gasteiger partial charge in [-0.15, -0.1) is 0 Å². The van der Waals surface area contributed by atoms with Crippen molar-refractivity contribution in [1.82, 2.24) is 10.4 Å². The van der Waals surface area contributed by atoms with Crippen molar-refractivity contribution in [1.29, 1.82) is 0 Å². The van der Waals surface area contributed by atoms with E-state index in [-0.39, 0.29) is 26.3 Å². The Balaban J connectivity index is 3.68. The molecule has 6 nitrogen and oxygen atoms in total. The third kappa shape index (κ3) is 5.03. The normalized spacial score (nSPS) is 10.3. The first-order chi connectivity index (χ1) is 5.74. The topological polar surface area (TPSA) is 93.0 Å². The molecule has 0 heterocycles. The summed E-state index contributed by atoms with van der Waals surface area (Å²) >= 11 is 0. The lowest BCUT2D eigenvalue weighted by atomic mass is 10.5. The van der Waals surface area contributed by atoms with E-state index >= 15 is 0 Å². The fourth-order valence-electron chi connectivity index (χ4n) is 0.677. The summed E-state index contributed by atoms with van der Waals surface area (Å²) in [5.74, 6) is -0.558. The number of hydrogen-bond acceptors (Lipinski definition) is 5. The first-order valence-electron chi connectivity index (χ1n) is 3.61. The average Bonchev–Trinajstić information content (AvgIpc) is 2.05. The lowest BCUT2D eigenvalue weighted by Crippen LogP contribution is -2.46. The molecule has 0 aliphatic rings. The maximum atomic E-state index is 10.6. The molecular weight excluding hydrogens is 164 g/mol. The van der Waals surface area contributed by atoms with Crippen LogP contribution in [-0.2, 0) is 4.79 Å². The number of hydrazine groups is 1. The highest BCUT2D eigenvalue weighted by Crippen LogP contribution is 1.80. The summed E-state index contributed by atoms with van der Waals surface area (Å²) in [4.78, 5) is 10.6. The van der Waals surface area contributed by atoms with Crippen molar-refractivity contribution in [2.24, 2.45) is 0 Å². The van der Waals surface area contributed by atoms with Gasteiger partial charge in [-0.3, -0.25) is 10.2 Å². The summed E-state index contributed by atoms with van der Waals surface area (Å²) in [5.41, 5.74) is 2.29. The average molecular weight is 178 g/mol. The number of nitrogens with zero attached hydrogens (tertiary/aromatic N) is 1. The van der Waals surface area contributed by atoms with Crippen LogP contribution >= 0.6 is 0 Å². The van der Waals surface area contributed by atoms with Crippen LogP contribution < -0.4 is 5.43 Å². The highest BCUT2D eigenvalue weighted by atomic mass is 16.3. The van der Waals surface area contributed by atoms with E-state index in [9.17, 15) is 4.79 Å². The van der Waals surface area contributed by atoms with Crippen LogP contribution in [0.3, 0.4) is 0 Å². The van der Waals surface area contributed by atoms with Gasteiger partial charge < -0.3 is 15.3 Å². The minimum atomic E-state index is -0.604. The molecule has 0 saturated carbocycles. The van der Waals surface area contributed by atoms with Crippen LogP contribution in [0, 0.1) is 0 Å². The second kappa shape index (κ2) is 6.99. The zero-order chi connectivity index (χ0) is 9.40. The number of hydrogen-bond donors (Lipinski definition) is 4. The molecule has 0 aliphatic carbocycles. The van der Waals surface area contributed by atoms with E-state index in [2.05, 4.69) is 5.43 Å². The van der Waals surface area contributed by atoms with E-state index in [1.165, 1.54) is 5.01 Å². The van der Waals surface area contributed by atoms with E-state index in [1.807, 2.05) is 0 Å². The van der Waals surface area contributed by atoms with Crippen molar-refractivity contribution >= 4 is 5.91 Å². The zero-order valence-corrected chi connectivity index (χ0v) is 6.73. The first kappa shape index (κ1) is 11.3. The smallest absolute Gasteiger partial charge is 0.259 e. The van der Waals surface area contributed by atoms with Crippen LogP contribution in [0.4, 0.5) is 0 Å². The van der Waals surface area contributed by atoms with Crippen molar-refractivity contribution < 1.29 is 20.1 Å². The molecule has 0 aromatic rings. The molecule has 0 radical (unpaired) electrons. The SMILES string of the molecule is O=C(CO)NN(CCO)CCO. The molecule has 4 N–H and O–H groups in total. The van der Waals surface area contributed by atoms with Crippen molar-refractivity contribution in [3.05, 3.63) is 0 Å². The van der Waals surface area contributed by atoms with Crippen LogP contribution in [-0.4, -0.2) is 59.1 Å². The highest BCUT2D eigenvalue weighted by molar-refractivity contribution is 5.76. The maximum absolute atomic E-state index is 10.6. The predicted molar refractivity (Wildman–Crippen MR) is 41.0 cm³/mol. The van der Waals surface area contributed by atoms with Crippen molar-refractivity contribution in [3.8, 4) is 0 Å². The minimum Gasteiger partial charge on any atom is -0.395 e. The Morgan fingerprint density at radius 1 is 1.17 bits per heavy atom. The lowest BCUT2D eigenvalue weighted by Gasteiger charge is -2.20. The third-order valence-electron chi connectivity index (χ3n) is 1.17. The Kier molecular flexibility index (Phi) is 6.58. The van der Waals surface area contributed by atoms with Crippen molar-refractivity contribution in [3.63, 3.8) is 0 Å². The molecular formula is C6H14N2O4. The Morgan fingerprint density at radius 3 is 2.00 bits per heavy atom. The van der Waals surface area contributed by atoms with Crippen LogP contribution in [0.5, 0.6) is 0 Å². The minimum absolute atomic E-state index is 0.119. The number of nitrogens with one attached hydrogen (secondary N) is 1. The summed E-state index contributed by atoms with van der Waals surface area (Å²) in [6, 6.07) is 0. The Bertz CT molecular complexity index is 125. The molecule has 0 aromatic heterocycles. The Labute approximate surface area is 70.4 Å². The molecule has 0 rings (SSSR count). The van der Waals surface area contributed by atoms with Crippen molar-refractivity contribution in [2.75, 3.05) is 32.9 Å². The van der Waals surface area contributed by atoms with Gasteiger partial charge in [-0.2, -0.15) is 0 Å². The second-order valence-corrected chi connectivity index (χ2v) is 2.13. The van der Waals surface area contributed by atoms with Crippen molar-refractivity contribution in [2.45, 2.75) is 0 Å². The number of aliphatic hydroxyl groups excluding tert-OH is 3. The molecule has 0 aromatic carbocycles. The molecule has 0 saturated heterocycles. The molecule has 0 spiro atoms. The standard InChI is InChI=1S/C6H14N2O4/c9-3-1-8(2-4-10)7-6(12)5-11/h9-11H,1-5H2,(H,7,12). The van der Waals surface area contributed by atoms with Crippen LogP contribution in [0.25, 0.3) is 0 Å². The van der Waals surface area contributed by atoms with Gasteiger partial charge in [0.05, 0.1) is 13.2 Å². The van der Waals surface area contributed by atoms with E-state index < -0.39 is 12.5 Å². The van der Waals surface area contributed by atoms with Gasteiger partial charge in [-0.05, 0) is 0 Å². The molecule has 72 valence electrons. The Hall–Kier alpha value is -0.690. The molecule has 0 aliphatic heterocycles. The number of amides is 1. The molecule has 0 unspecified atom stereocenters. The van der Waals surface area contributed by atoms with Gasteiger partial charge in [0.2, 0.25) is 0 Å². The number of carbonyl (C=O) groups excluding carboxylic acids is 1. The first-order valence-corrected chi connectivity index (χ1v) is 3.61. The molecule has 6 heteroatoms. The molecule has 0 atom stereocenters. The summed E-state index contributed by atoms with van der Waals surface area (Å²) < 4.78 is 0. The molecule has 1 amide bonds. The lowest BCUT2D eigenvalue weighted by molar-refractivity contribution is -0.129. The Morgan fingerprint density at radius 2 is 1.67 bits per heavy atom. The largest absolute Gasteiger partial charge is 0.395 e. The summed E-state index contributed by atoms with van der Waals surface area (Å²) in [6.45, 7) is -0.386. The summed E-state index contributed by atoms with van der Waals surface area (Å²) in [7, 11) is 0. The molecule has 0 fully saturated rings. The van der Waals surface area contributed by atoms with E-state index in [0.717, 1.165) is 0 Å². The number of carbonyl (C=O) groups is 1. The van der Waals surface area contributed by atoms with Gasteiger partial charge in [0, 0.05) is 13.1 Å². The van der Waals surface area contributed by atoms with Gasteiger partial charge in [0.15, 0.2) is 0 Å². The second-order valence-electron chi connectivity index (χ2n) is 2.13. The quantitative estimate of drug-likeness (QED) is 0.332. The van der Waals surface area contributed by atoms with Crippen LogP contribution in [0.1, 0.15) is 0 Å². The summed E-state index contributed by atoms with van der Waals surface area (Å²) in [6.07, 6.45) is 0. The van der Waals surface area contributed by atoms with Gasteiger partial charge in [-0.1, -0.05) is 0 Å². The zero-order valence-electron chi connectivity index (χ0n) is 6.73. The highest BCUT2D eigenvalue weighted by Gasteiger charge is 2.05. The van der Waals surface area contributed by atoms with Gasteiger partial charge in [-0.25, -0.2) is 5.01 Å². The van der Waals surface area contributed by atoms with E-state index in [0.29, 0.717) is 0 Å². The van der Waals surface area contributed by atoms with Crippen LogP contribution in [0.2, 0.25) is 0 Å². The number of rotatable bonds is 6. The third-order valence-corrected chi connectivity index (χ3v) is 1.17.